The summed E-state index contributed by atoms with van der Waals surface area (Å²) in [4.78, 5) is 0. The van der Waals surface area contributed by atoms with E-state index in [1.54, 1.807) is 6.07 Å². The van der Waals surface area contributed by atoms with Crippen molar-refractivity contribution in [1.29, 1.82) is 0 Å². The van der Waals surface area contributed by atoms with E-state index < -0.39 is 0 Å². The average molecular weight is 166 g/mol. The molecule has 0 bridgehead atoms. The van der Waals surface area contributed by atoms with Crippen LogP contribution in [0.3, 0.4) is 0 Å². The van der Waals surface area contributed by atoms with Crippen LogP contribution in [0.2, 0.25) is 0 Å². The number of fused-ring (bicyclic) bond motifs is 1. The van der Waals surface area contributed by atoms with Gasteiger partial charge in [0.25, 0.3) is 0 Å². The van der Waals surface area contributed by atoms with E-state index in [2.05, 4.69) is 10.6 Å². The molecule has 3 heteroatoms. The minimum absolute atomic E-state index is 0.188. The number of hydrogen-bond acceptors (Lipinski definition) is 2. The third kappa shape index (κ3) is 1.11. The Hall–Kier alpha value is -1.25. The summed E-state index contributed by atoms with van der Waals surface area (Å²) in [6.07, 6.45) is 0. The highest BCUT2D eigenvalue weighted by Crippen LogP contribution is 2.28. The summed E-state index contributed by atoms with van der Waals surface area (Å²) >= 11 is 0. The molecule has 0 spiro atoms. The smallest absolute Gasteiger partial charge is 0.148 e. The summed E-state index contributed by atoms with van der Waals surface area (Å²) in [6.45, 7) is 2.86. The van der Waals surface area contributed by atoms with Crippen LogP contribution in [-0.4, -0.2) is 12.6 Å². The first-order valence-electron chi connectivity index (χ1n) is 4.06. The molecule has 1 aliphatic rings. The van der Waals surface area contributed by atoms with Crippen LogP contribution in [0.1, 0.15) is 6.92 Å². The van der Waals surface area contributed by atoms with Gasteiger partial charge in [-0.1, -0.05) is 6.07 Å². The van der Waals surface area contributed by atoms with Crippen molar-refractivity contribution in [3.8, 4) is 0 Å². The number of anilines is 2. The molecule has 1 aliphatic heterocycles. The van der Waals surface area contributed by atoms with Crippen LogP contribution in [0, 0.1) is 5.82 Å². The molecule has 0 saturated heterocycles. The van der Waals surface area contributed by atoms with Gasteiger partial charge in [-0.25, -0.2) is 4.39 Å². The van der Waals surface area contributed by atoms with Gasteiger partial charge in [0.05, 0.1) is 11.4 Å². The lowest BCUT2D eigenvalue weighted by Gasteiger charge is -2.25. The Kier molecular flexibility index (Phi) is 1.64. The molecule has 1 heterocycles. The van der Waals surface area contributed by atoms with Gasteiger partial charge in [-0.15, -0.1) is 0 Å². The second kappa shape index (κ2) is 2.66. The fourth-order valence-electron chi connectivity index (χ4n) is 1.38. The van der Waals surface area contributed by atoms with E-state index in [1.165, 1.54) is 6.07 Å². The van der Waals surface area contributed by atoms with E-state index >= 15 is 0 Å². The molecule has 0 aliphatic carbocycles. The largest absolute Gasteiger partial charge is 0.381 e. The molecule has 2 nitrogen and oxygen atoms in total. The van der Waals surface area contributed by atoms with Crippen molar-refractivity contribution in [3.63, 3.8) is 0 Å². The highest BCUT2D eigenvalue weighted by Gasteiger charge is 2.15. The minimum Gasteiger partial charge on any atom is -0.381 e. The standard InChI is InChI=1S/C9H11FN2/c1-6-5-11-8-4-2-3-7(10)9(8)12-6/h2-4,6,11-12H,5H2,1H3/t6-/m0/s1. The van der Waals surface area contributed by atoms with E-state index in [-0.39, 0.29) is 11.9 Å². The van der Waals surface area contributed by atoms with Crippen molar-refractivity contribution in [3.05, 3.63) is 24.0 Å². The van der Waals surface area contributed by atoms with Crippen molar-refractivity contribution < 1.29 is 4.39 Å². The number of nitrogens with one attached hydrogen (secondary N) is 2. The first-order valence-corrected chi connectivity index (χ1v) is 4.06. The Labute approximate surface area is 70.8 Å². The van der Waals surface area contributed by atoms with Crippen LogP contribution in [-0.2, 0) is 0 Å². The van der Waals surface area contributed by atoms with Gasteiger partial charge in [-0.2, -0.15) is 0 Å². The Morgan fingerprint density at radius 1 is 1.50 bits per heavy atom. The molecule has 1 aromatic rings. The van der Waals surface area contributed by atoms with Crippen LogP contribution in [0.15, 0.2) is 18.2 Å². The van der Waals surface area contributed by atoms with Crippen LogP contribution < -0.4 is 10.6 Å². The molecule has 0 amide bonds. The quantitative estimate of drug-likeness (QED) is 0.616. The molecule has 0 fully saturated rings. The van der Waals surface area contributed by atoms with Gasteiger partial charge in [0.1, 0.15) is 5.82 Å². The monoisotopic (exact) mass is 166 g/mol. The van der Waals surface area contributed by atoms with E-state index in [0.29, 0.717) is 5.69 Å². The third-order valence-electron chi connectivity index (χ3n) is 2.00. The van der Waals surface area contributed by atoms with Crippen LogP contribution in [0.5, 0.6) is 0 Å². The summed E-state index contributed by atoms with van der Waals surface area (Å²) in [5, 5.41) is 6.24. The number of rotatable bonds is 0. The summed E-state index contributed by atoms with van der Waals surface area (Å²) < 4.78 is 13.1. The molecular weight excluding hydrogens is 155 g/mol. The molecular formula is C9H11FN2. The highest BCUT2D eigenvalue weighted by atomic mass is 19.1. The Bertz CT molecular complexity index is 299. The van der Waals surface area contributed by atoms with Crippen LogP contribution in [0.25, 0.3) is 0 Å². The Morgan fingerprint density at radius 2 is 2.33 bits per heavy atom. The van der Waals surface area contributed by atoms with Gasteiger partial charge in [-0.05, 0) is 19.1 Å². The Morgan fingerprint density at radius 3 is 3.17 bits per heavy atom. The van der Waals surface area contributed by atoms with E-state index in [4.69, 9.17) is 0 Å². The summed E-state index contributed by atoms with van der Waals surface area (Å²) in [7, 11) is 0. The maximum Gasteiger partial charge on any atom is 0.148 e. The molecule has 2 N–H and O–H groups in total. The predicted molar refractivity (Wildman–Crippen MR) is 48.0 cm³/mol. The van der Waals surface area contributed by atoms with Gasteiger partial charge in [0.2, 0.25) is 0 Å². The molecule has 0 unspecified atom stereocenters. The van der Waals surface area contributed by atoms with Crippen LogP contribution in [0.4, 0.5) is 15.8 Å². The lowest BCUT2D eigenvalue weighted by molar-refractivity contribution is 0.624. The second-order valence-corrected chi connectivity index (χ2v) is 3.09. The first kappa shape index (κ1) is 7.40. The Balaban J connectivity index is 2.43. The number of para-hydroxylation sites is 1. The number of hydrogen-bond donors (Lipinski definition) is 2. The van der Waals surface area contributed by atoms with Gasteiger partial charge in [-0.3, -0.25) is 0 Å². The maximum atomic E-state index is 13.1. The normalized spacial score (nSPS) is 20.7. The molecule has 1 aromatic carbocycles. The minimum atomic E-state index is -0.188. The van der Waals surface area contributed by atoms with Crippen molar-refractivity contribution in [1.82, 2.24) is 0 Å². The molecule has 12 heavy (non-hydrogen) atoms. The lowest BCUT2D eigenvalue weighted by atomic mass is 10.1. The molecule has 2 rings (SSSR count). The second-order valence-electron chi connectivity index (χ2n) is 3.09. The fourth-order valence-corrected chi connectivity index (χ4v) is 1.38. The van der Waals surface area contributed by atoms with E-state index in [0.717, 1.165) is 12.2 Å². The molecule has 1 atom stereocenters. The summed E-state index contributed by atoms with van der Waals surface area (Å²) in [5.74, 6) is -0.188. The van der Waals surface area contributed by atoms with Gasteiger partial charge >= 0.3 is 0 Å². The van der Waals surface area contributed by atoms with E-state index in [9.17, 15) is 4.39 Å². The molecule has 64 valence electrons. The lowest BCUT2D eigenvalue weighted by Crippen LogP contribution is -2.30. The highest BCUT2D eigenvalue weighted by molar-refractivity contribution is 5.71. The topological polar surface area (TPSA) is 24.1 Å². The maximum absolute atomic E-state index is 13.1. The zero-order valence-corrected chi connectivity index (χ0v) is 6.89. The van der Waals surface area contributed by atoms with Crippen molar-refractivity contribution in [2.75, 3.05) is 17.2 Å². The SMILES string of the molecule is C[C@H]1CNc2cccc(F)c2N1. The predicted octanol–water partition coefficient (Wildman–Crippen LogP) is 2.05. The summed E-state index contributed by atoms with van der Waals surface area (Å²) in [5.41, 5.74) is 1.45. The average Bonchev–Trinajstić information content (AvgIpc) is 2.07. The third-order valence-corrected chi connectivity index (χ3v) is 2.00. The van der Waals surface area contributed by atoms with Gasteiger partial charge in [0.15, 0.2) is 0 Å². The molecule has 0 radical (unpaired) electrons. The van der Waals surface area contributed by atoms with Crippen molar-refractivity contribution >= 4 is 11.4 Å². The first-order chi connectivity index (χ1) is 5.77. The van der Waals surface area contributed by atoms with E-state index in [1.807, 2.05) is 13.0 Å². The zero-order valence-electron chi connectivity index (χ0n) is 6.89. The van der Waals surface area contributed by atoms with Crippen molar-refractivity contribution in [2.45, 2.75) is 13.0 Å². The summed E-state index contributed by atoms with van der Waals surface area (Å²) in [6, 6.07) is 5.33. The van der Waals surface area contributed by atoms with Crippen LogP contribution >= 0.6 is 0 Å². The molecule has 0 saturated carbocycles. The zero-order chi connectivity index (χ0) is 8.55. The van der Waals surface area contributed by atoms with Crippen molar-refractivity contribution in [2.24, 2.45) is 0 Å². The van der Waals surface area contributed by atoms with Gasteiger partial charge < -0.3 is 10.6 Å². The fraction of sp³-hybridized carbons (Fsp3) is 0.333. The molecule has 0 aromatic heterocycles. The number of benzene rings is 1. The number of halogens is 1. The van der Waals surface area contributed by atoms with Gasteiger partial charge in [0, 0.05) is 12.6 Å².